The van der Waals surface area contributed by atoms with Crippen LogP contribution in [0.1, 0.15) is 45.7 Å². The first kappa shape index (κ1) is 16.5. The minimum absolute atomic E-state index is 0.385. The summed E-state index contributed by atoms with van der Waals surface area (Å²) in [6.07, 6.45) is 3.20. The summed E-state index contributed by atoms with van der Waals surface area (Å²) >= 11 is 1.29. The number of ether oxygens (including phenoxy) is 1. The van der Waals surface area contributed by atoms with E-state index in [2.05, 4.69) is 4.98 Å². The summed E-state index contributed by atoms with van der Waals surface area (Å²) in [6.45, 7) is 4.67. The van der Waals surface area contributed by atoms with Gasteiger partial charge in [-0.15, -0.1) is 11.3 Å². The van der Waals surface area contributed by atoms with E-state index in [1.165, 1.54) is 16.9 Å². The first-order valence-electron chi connectivity index (χ1n) is 7.51. The molecule has 0 radical (unpaired) electrons. The van der Waals surface area contributed by atoms with Crippen LogP contribution in [0.2, 0.25) is 0 Å². The second kappa shape index (κ2) is 7.94. The Labute approximate surface area is 134 Å². The fraction of sp³-hybridized carbons (Fsp3) is 0.412. The molecule has 2 rings (SSSR count). The molecule has 2 aromatic rings. The van der Waals surface area contributed by atoms with Gasteiger partial charge in [-0.1, -0.05) is 31.0 Å². The molecule has 4 nitrogen and oxygen atoms in total. The Hall–Kier alpha value is -1.88. The number of carboxylic acids is 1. The highest BCUT2D eigenvalue weighted by Crippen LogP contribution is 2.21. The highest BCUT2D eigenvalue weighted by Gasteiger charge is 2.16. The first-order chi connectivity index (χ1) is 10.6. The van der Waals surface area contributed by atoms with Crippen LogP contribution in [0.5, 0.6) is 5.75 Å². The lowest BCUT2D eigenvalue weighted by molar-refractivity contribution is 0.0700. The number of hydrogen-bond donors (Lipinski definition) is 1. The van der Waals surface area contributed by atoms with Gasteiger partial charge < -0.3 is 9.84 Å². The SMILES string of the molecule is CCCc1nc(CCCOc2ccc(C)cc2)sc1C(=O)O. The predicted molar refractivity (Wildman–Crippen MR) is 88.1 cm³/mol. The molecule has 0 bridgehead atoms. The number of carboxylic acid groups (broad SMARTS) is 1. The lowest BCUT2D eigenvalue weighted by Gasteiger charge is -2.05. The molecule has 1 heterocycles. The average Bonchev–Trinajstić information content (AvgIpc) is 2.89. The van der Waals surface area contributed by atoms with Gasteiger partial charge in [-0.2, -0.15) is 0 Å². The summed E-state index contributed by atoms with van der Waals surface area (Å²) in [7, 11) is 0. The molecule has 22 heavy (non-hydrogen) atoms. The fourth-order valence-corrected chi connectivity index (χ4v) is 3.12. The number of rotatable bonds is 8. The van der Waals surface area contributed by atoms with E-state index in [1.54, 1.807) is 0 Å². The number of aryl methyl sites for hydroxylation is 3. The summed E-state index contributed by atoms with van der Waals surface area (Å²) < 4.78 is 5.68. The molecule has 0 spiro atoms. The van der Waals surface area contributed by atoms with Crippen LogP contribution in [0.25, 0.3) is 0 Å². The van der Waals surface area contributed by atoms with Crippen molar-refractivity contribution < 1.29 is 14.6 Å². The zero-order chi connectivity index (χ0) is 15.9. The van der Waals surface area contributed by atoms with E-state index < -0.39 is 5.97 Å². The van der Waals surface area contributed by atoms with Gasteiger partial charge in [0, 0.05) is 6.42 Å². The third kappa shape index (κ3) is 4.56. The maximum Gasteiger partial charge on any atom is 0.347 e. The quantitative estimate of drug-likeness (QED) is 0.744. The lowest BCUT2D eigenvalue weighted by Crippen LogP contribution is -1.99. The molecule has 0 atom stereocenters. The van der Waals surface area contributed by atoms with Crippen molar-refractivity contribution in [3.63, 3.8) is 0 Å². The van der Waals surface area contributed by atoms with Crippen LogP contribution in [0.3, 0.4) is 0 Å². The zero-order valence-electron chi connectivity index (χ0n) is 13.0. The normalized spacial score (nSPS) is 10.6. The van der Waals surface area contributed by atoms with Crippen LogP contribution in [0.15, 0.2) is 24.3 Å². The van der Waals surface area contributed by atoms with Gasteiger partial charge in [0.15, 0.2) is 0 Å². The smallest absolute Gasteiger partial charge is 0.347 e. The Balaban J connectivity index is 1.85. The molecule has 1 aromatic heterocycles. The molecule has 0 unspecified atom stereocenters. The third-order valence-electron chi connectivity index (χ3n) is 3.25. The van der Waals surface area contributed by atoms with Crippen molar-refractivity contribution in [2.45, 2.75) is 39.5 Å². The van der Waals surface area contributed by atoms with Crippen molar-refractivity contribution in [3.8, 4) is 5.75 Å². The van der Waals surface area contributed by atoms with Crippen LogP contribution in [-0.4, -0.2) is 22.7 Å². The molecule has 5 heteroatoms. The van der Waals surface area contributed by atoms with Gasteiger partial charge in [0.25, 0.3) is 0 Å². The molecule has 0 saturated heterocycles. The number of aromatic nitrogens is 1. The monoisotopic (exact) mass is 319 g/mol. The van der Waals surface area contributed by atoms with E-state index >= 15 is 0 Å². The van der Waals surface area contributed by atoms with Crippen LogP contribution >= 0.6 is 11.3 Å². The number of hydrogen-bond acceptors (Lipinski definition) is 4. The van der Waals surface area contributed by atoms with E-state index in [4.69, 9.17) is 4.74 Å². The fourth-order valence-electron chi connectivity index (χ4n) is 2.13. The summed E-state index contributed by atoms with van der Waals surface area (Å²) in [4.78, 5) is 16.0. The van der Waals surface area contributed by atoms with E-state index in [1.807, 2.05) is 38.1 Å². The van der Waals surface area contributed by atoms with Crippen molar-refractivity contribution in [1.29, 1.82) is 0 Å². The number of aromatic carboxylic acids is 1. The Morgan fingerprint density at radius 1 is 1.27 bits per heavy atom. The van der Waals surface area contributed by atoms with E-state index in [-0.39, 0.29) is 0 Å². The highest BCUT2D eigenvalue weighted by atomic mass is 32.1. The molecule has 118 valence electrons. The van der Waals surface area contributed by atoms with Gasteiger partial charge in [-0.25, -0.2) is 9.78 Å². The van der Waals surface area contributed by atoms with Gasteiger partial charge in [-0.05, 0) is 31.9 Å². The summed E-state index contributed by atoms with van der Waals surface area (Å²) in [5, 5.41) is 10.1. The molecule has 0 fully saturated rings. The summed E-state index contributed by atoms with van der Waals surface area (Å²) in [5.41, 5.74) is 1.93. The van der Waals surface area contributed by atoms with Crippen LogP contribution in [-0.2, 0) is 12.8 Å². The summed E-state index contributed by atoms with van der Waals surface area (Å²) in [5.74, 6) is -0.00857. The molecule has 0 aliphatic carbocycles. The first-order valence-corrected chi connectivity index (χ1v) is 8.33. The Morgan fingerprint density at radius 3 is 2.64 bits per heavy atom. The Bertz CT molecular complexity index is 619. The van der Waals surface area contributed by atoms with Crippen molar-refractivity contribution in [2.75, 3.05) is 6.61 Å². The zero-order valence-corrected chi connectivity index (χ0v) is 13.8. The Morgan fingerprint density at radius 2 is 2.00 bits per heavy atom. The van der Waals surface area contributed by atoms with Gasteiger partial charge >= 0.3 is 5.97 Å². The van der Waals surface area contributed by atoms with Gasteiger partial charge in [0.1, 0.15) is 10.6 Å². The van der Waals surface area contributed by atoms with Crippen molar-refractivity contribution in [3.05, 3.63) is 45.4 Å². The van der Waals surface area contributed by atoms with Crippen LogP contribution in [0, 0.1) is 6.92 Å². The van der Waals surface area contributed by atoms with E-state index in [9.17, 15) is 9.90 Å². The van der Waals surface area contributed by atoms with E-state index in [0.29, 0.717) is 11.5 Å². The minimum Gasteiger partial charge on any atom is -0.494 e. The molecule has 0 saturated carbocycles. The average molecular weight is 319 g/mol. The molecule has 0 aliphatic rings. The Kier molecular flexibility index (Phi) is 5.95. The van der Waals surface area contributed by atoms with Gasteiger partial charge in [0.05, 0.1) is 17.3 Å². The maximum absolute atomic E-state index is 11.2. The molecule has 1 N–H and O–H groups in total. The second-order valence-corrected chi connectivity index (χ2v) is 6.29. The maximum atomic E-state index is 11.2. The molecule has 1 aromatic carbocycles. The predicted octanol–water partition coefficient (Wildman–Crippen LogP) is 4.11. The van der Waals surface area contributed by atoms with Crippen LogP contribution < -0.4 is 4.74 Å². The second-order valence-electron chi connectivity index (χ2n) is 5.20. The standard InChI is InChI=1S/C17H21NO3S/c1-3-5-14-16(17(19)20)22-15(18-14)6-4-11-21-13-9-7-12(2)8-10-13/h7-10H,3-6,11H2,1-2H3,(H,19,20). The highest BCUT2D eigenvalue weighted by molar-refractivity contribution is 7.13. The number of carbonyl (C=O) groups is 1. The van der Waals surface area contributed by atoms with E-state index in [0.717, 1.165) is 42.1 Å². The van der Waals surface area contributed by atoms with Crippen molar-refractivity contribution in [1.82, 2.24) is 4.98 Å². The van der Waals surface area contributed by atoms with Crippen molar-refractivity contribution >= 4 is 17.3 Å². The summed E-state index contributed by atoms with van der Waals surface area (Å²) in [6, 6.07) is 7.96. The molecular formula is C17H21NO3S. The largest absolute Gasteiger partial charge is 0.494 e. The molecule has 0 aliphatic heterocycles. The molecule has 0 amide bonds. The van der Waals surface area contributed by atoms with Crippen molar-refractivity contribution in [2.24, 2.45) is 0 Å². The van der Waals surface area contributed by atoms with Gasteiger partial charge in [-0.3, -0.25) is 0 Å². The van der Waals surface area contributed by atoms with Gasteiger partial charge in [0.2, 0.25) is 0 Å². The number of benzene rings is 1. The lowest BCUT2D eigenvalue weighted by atomic mass is 10.2. The minimum atomic E-state index is -0.872. The topological polar surface area (TPSA) is 59.4 Å². The third-order valence-corrected chi connectivity index (χ3v) is 4.39. The number of nitrogens with zero attached hydrogens (tertiary/aromatic N) is 1. The van der Waals surface area contributed by atoms with Crippen LogP contribution in [0.4, 0.5) is 0 Å². The number of thiazole rings is 1. The molecular weight excluding hydrogens is 298 g/mol.